The summed E-state index contributed by atoms with van der Waals surface area (Å²) < 4.78 is 15.8. The van der Waals surface area contributed by atoms with Crippen LogP contribution in [0.1, 0.15) is 23.2 Å². The fourth-order valence-electron chi connectivity index (χ4n) is 2.61. The Bertz CT molecular complexity index is 521. The molecule has 1 heterocycles. The summed E-state index contributed by atoms with van der Waals surface area (Å²) in [5.74, 6) is 1.86. The predicted molar refractivity (Wildman–Crippen MR) is 80.9 cm³/mol. The van der Waals surface area contributed by atoms with E-state index in [1.165, 1.54) is 14.2 Å². The molecule has 1 unspecified atom stereocenters. The van der Waals surface area contributed by atoms with E-state index in [9.17, 15) is 4.79 Å². The molecule has 0 N–H and O–H groups in total. The van der Waals surface area contributed by atoms with Crippen molar-refractivity contribution in [3.8, 4) is 17.2 Å². The van der Waals surface area contributed by atoms with Crippen molar-refractivity contribution in [2.24, 2.45) is 0 Å². The van der Waals surface area contributed by atoms with Crippen molar-refractivity contribution in [3.05, 3.63) is 17.7 Å². The first-order valence-electron chi connectivity index (χ1n) is 6.83. The van der Waals surface area contributed by atoms with Crippen LogP contribution >= 0.6 is 11.6 Å². The molecule has 5 nitrogen and oxygen atoms in total. The largest absolute Gasteiger partial charge is 0.496 e. The molecule has 0 radical (unpaired) electrons. The van der Waals surface area contributed by atoms with Gasteiger partial charge >= 0.3 is 0 Å². The number of likely N-dealkylation sites (tertiary alicyclic amines) is 1. The van der Waals surface area contributed by atoms with Gasteiger partial charge in [0.15, 0.2) is 11.5 Å². The topological polar surface area (TPSA) is 48.0 Å². The molecule has 0 aromatic heterocycles. The van der Waals surface area contributed by atoms with Crippen LogP contribution in [0.2, 0.25) is 0 Å². The van der Waals surface area contributed by atoms with E-state index in [1.54, 1.807) is 24.1 Å². The van der Waals surface area contributed by atoms with E-state index in [0.717, 1.165) is 12.8 Å². The minimum atomic E-state index is -0.0871. The number of benzene rings is 1. The molecule has 1 aromatic rings. The molecule has 1 saturated heterocycles. The summed E-state index contributed by atoms with van der Waals surface area (Å²) in [7, 11) is 4.61. The van der Waals surface area contributed by atoms with Crippen LogP contribution in [0.4, 0.5) is 0 Å². The second kappa shape index (κ2) is 6.89. The van der Waals surface area contributed by atoms with Crippen molar-refractivity contribution < 1.29 is 19.0 Å². The Morgan fingerprint density at radius 1 is 1.19 bits per heavy atom. The third kappa shape index (κ3) is 3.02. The van der Waals surface area contributed by atoms with Crippen LogP contribution in [0, 0.1) is 0 Å². The van der Waals surface area contributed by atoms with Gasteiger partial charge in [0.05, 0.1) is 26.9 Å². The zero-order valence-corrected chi connectivity index (χ0v) is 13.3. The number of rotatable bonds is 5. The number of halogens is 1. The van der Waals surface area contributed by atoms with Gasteiger partial charge in [-0.1, -0.05) is 0 Å². The Kier molecular flexibility index (Phi) is 5.17. The number of nitrogens with zero attached hydrogens (tertiary/aromatic N) is 1. The van der Waals surface area contributed by atoms with Gasteiger partial charge in [-0.3, -0.25) is 4.79 Å². The van der Waals surface area contributed by atoms with Crippen LogP contribution in [-0.4, -0.2) is 50.6 Å². The number of methoxy groups -OCH3 is 3. The van der Waals surface area contributed by atoms with Crippen LogP contribution in [0.3, 0.4) is 0 Å². The first kappa shape index (κ1) is 15.8. The van der Waals surface area contributed by atoms with Gasteiger partial charge in [0, 0.05) is 30.6 Å². The number of ether oxygens (including phenoxy) is 3. The lowest BCUT2D eigenvalue weighted by atomic mass is 10.1. The lowest BCUT2D eigenvalue weighted by Gasteiger charge is -2.24. The molecule has 1 aromatic carbocycles. The van der Waals surface area contributed by atoms with Crippen molar-refractivity contribution in [1.82, 2.24) is 4.90 Å². The monoisotopic (exact) mass is 313 g/mol. The summed E-state index contributed by atoms with van der Waals surface area (Å²) in [6.45, 7) is 0.716. The van der Waals surface area contributed by atoms with Gasteiger partial charge in [-0.25, -0.2) is 0 Å². The second-order valence-corrected chi connectivity index (χ2v) is 5.16. The lowest BCUT2D eigenvalue weighted by molar-refractivity contribution is 0.0745. The van der Waals surface area contributed by atoms with Crippen molar-refractivity contribution in [2.45, 2.75) is 18.9 Å². The first-order chi connectivity index (χ1) is 10.2. The molecule has 116 valence electrons. The summed E-state index contributed by atoms with van der Waals surface area (Å²) in [5.41, 5.74) is 0.465. The van der Waals surface area contributed by atoms with Crippen LogP contribution in [-0.2, 0) is 0 Å². The molecule has 0 bridgehead atoms. The third-order valence-corrected chi connectivity index (χ3v) is 4.11. The Hall–Kier alpha value is -1.62. The molecule has 1 aliphatic rings. The third-order valence-electron chi connectivity index (χ3n) is 3.75. The standard InChI is InChI=1S/C15H20ClNO4/c1-19-12-8-14(21-3)13(20-2)7-11(12)15(18)17-6-4-5-10(17)9-16/h7-8,10H,4-6,9H2,1-3H3. The van der Waals surface area contributed by atoms with Crippen molar-refractivity contribution >= 4 is 17.5 Å². The highest BCUT2D eigenvalue weighted by molar-refractivity contribution is 6.18. The second-order valence-electron chi connectivity index (χ2n) is 4.86. The van der Waals surface area contributed by atoms with Gasteiger partial charge in [-0.05, 0) is 12.8 Å². The molecule has 1 amide bonds. The molecule has 0 spiro atoms. The quantitative estimate of drug-likeness (QED) is 0.784. The normalized spacial score (nSPS) is 17.7. The number of amides is 1. The van der Waals surface area contributed by atoms with E-state index >= 15 is 0 Å². The molecule has 1 aliphatic heterocycles. The average molecular weight is 314 g/mol. The minimum absolute atomic E-state index is 0.0805. The smallest absolute Gasteiger partial charge is 0.258 e. The summed E-state index contributed by atoms with van der Waals surface area (Å²) in [4.78, 5) is 14.6. The number of carbonyl (C=O) groups is 1. The molecule has 1 atom stereocenters. The first-order valence-corrected chi connectivity index (χ1v) is 7.36. The summed E-state index contributed by atoms with van der Waals surface area (Å²) in [6.07, 6.45) is 1.91. The molecular formula is C15H20ClNO4. The van der Waals surface area contributed by atoms with Crippen LogP contribution in [0.5, 0.6) is 17.2 Å². The molecule has 0 aliphatic carbocycles. The zero-order chi connectivity index (χ0) is 15.4. The molecule has 2 rings (SSSR count). The van der Waals surface area contributed by atoms with E-state index in [2.05, 4.69) is 0 Å². The summed E-state index contributed by atoms with van der Waals surface area (Å²) in [5, 5.41) is 0. The highest BCUT2D eigenvalue weighted by Crippen LogP contribution is 2.36. The van der Waals surface area contributed by atoms with E-state index in [1.807, 2.05) is 0 Å². The van der Waals surface area contributed by atoms with Crippen molar-refractivity contribution in [2.75, 3.05) is 33.8 Å². The van der Waals surface area contributed by atoms with Crippen LogP contribution in [0.15, 0.2) is 12.1 Å². The van der Waals surface area contributed by atoms with Crippen molar-refractivity contribution in [1.29, 1.82) is 0 Å². The van der Waals surface area contributed by atoms with E-state index in [4.69, 9.17) is 25.8 Å². The molecule has 6 heteroatoms. The molecular weight excluding hydrogens is 294 g/mol. The Morgan fingerprint density at radius 2 is 1.81 bits per heavy atom. The van der Waals surface area contributed by atoms with Crippen LogP contribution in [0.25, 0.3) is 0 Å². The van der Waals surface area contributed by atoms with E-state index in [0.29, 0.717) is 35.2 Å². The van der Waals surface area contributed by atoms with Gasteiger partial charge in [-0.15, -0.1) is 11.6 Å². The van der Waals surface area contributed by atoms with Crippen molar-refractivity contribution in [3.63, 3.8) is 0 Å². The molecule has 1 fully saturated rings. The number of alkyl halides is 1. The van der Waals surface area contributed by atoms with Gasteiger partial charge in [0.2, 0.25) is 0 Å². The van der Waals surface area contributed by atoms with Gasteiger partial charge in [0.25, 0.3) is 5.91 Å². The predicted octanol–water partition coefficient (Wildman–Crippen LogP) is 2.56. The number of carbonyl (C=O) groups excluding carboxylic acids is 1. The Labute approximate surface area is 129 Å². The maximum Gasteiger partial charge on any atom is 0.258 e. The molecule has 0 saturated carbocycles. The summed E-state index contributed by atoms with van der Waals surface area (Å²) >= 11 is 5.94. The Morgan fingerprint density at radius 3 is 2.38 bits per heavy atom. The number of hydrogen-bond acceptors (Lipinski definition) is 4. The number of hydrogen-bond donors (Lipinski definition) is 0. The zero-order valence-electron chi connectivity index (χ0n) is 12.5. The van der Waals surface area contributed by atoms with Gasteiger partial charge in [-0.2, -0.15) is 0 Å². The van der Waals surface area contributed by atoms with E-state index < -0.39 is 0 Å². The Balaban J connectivity index is 2.39. The van der Waals surface area contributed by atoms with Gasteiger partial charge < -0.3 is 19.1 Å². The maximum absolute atomic E-state index is 12.8. The molecule has 21 heavy (non-hydrogen) atoms. The highest BCUT2D eigenvalue weighted by Gasteiger charge is 2.31. The average Bonchev–Trinajstić information content (AvgIpc) is 3.01. The van der Waals surface area contributed by atoms with Gasteiger partial charge in [0.1, 0.15) is 5.75 Å². The maximum atomic E-state index is 12.8. The van der Waals surface area contributed by atoms with Crippen LogP contribution < -0.4 is 14.2 Å². The SMILES string of the molecule is COc1cc(OC)c(C(=O)N2CCCC2CCl)cc1OC. The fraction of sp³-hybridized carbons (Fsp3) is 0.533. The van der Waals surface area contributed by atoms with E-state index in [-0.39, 0.29) is 11.9 Å². The fourth-order valence-corrected chi connectivity index (χ4v) is 2.94. The summed E-state index contributed by atoms with van der Waals surface area (Å²) in [6, 6.07) is 3.40. The minimum Gasteiger partial charge on any atom is -0.496 e. The lowest BCUT2D eigenvalue weighted by Crippen LogP contribution is -2.36. The highest BCUT2D eigenvalue weighted by atomic mass is 35.5.